The Balaban J connectivity index is 4.31. The Kier molecular flexibility index (Phi) is 7.80. The zero-order chi connectivity index (χ0) is 12.7. The highest BCUT2D eigenvalue weighted by Gasteiger charge is 2.21. The minimum Gasteiger partial charge on any atom is -0.349 e. The minimum absolute atomic E-state index is 0.136. The average molecular weight is 247 g/mol. The zero-order valence-corrected chi connectivity index (χ0v) is 11.9. The molecular formula is C11H25N3OS. The van der Waals surface area contributed by atoms with Gasteiger partial charge in [0.2, 0.25) is 5.91 Å². The van der Waals surface area contributed by atoms with Crippen LogP contribution in [0.15, 0.2) is 0 Å². The number of thioether (sulfide) groups is 1. The van der Waals surface area contributed by atoms with Crippen LogP contribution in [0.1, 0.15) is 13.3 Å². The summed E-state index contributed by atoms with van der Waals surface area (Å²) < 4.78 is 0. The first kappa shape index (κ1) is 15.7. The maximum absolute atomic E-state index is 11.6. The first-order chi connectivity index (χ1) is 7.43. The number of nitrogens with zero attached hydrogens (tertiary/aromatic N) is 2. The van der Waals surface area contributed by atoms with E-state index in [1.165, 1.54) is 0 Å². The van der Waals surface area contributed by atoms with Crippen molar-refractivity contribution >= 4 is 17.7 Å². The fourth-order valence-corrected chi connectivity index (χ4v) is 2.21. The van der Waals surface area contributed by atoms with Crippen LogP contribution in [0.25, 0.3) is 0 Å². The molecular weight excluding hydrogens is 222 g/mol. The van der Waals surface area contributed by atoms with E-state index < -0.39 is 0 Å². The van der Waals surface area contributed by atoms with Crippen molar-refractivity contribution < 1.29 is 4.79 Å². The number of carbonyl (C=O) groups is 1. The van der Waals surface area contributed by atoms with Crippen molar-refractivity contribution in [2.24, 2.45) is 5.73 Å². The van der Waals surface area contributed by atoms with Crippen LogP contribution >= 0.6 is 11.8 Å². The van der Waals surface area contributed by atoms with Gasteiger partial charge in [-0.1, -0.05) is 0 Å². The lowest BCUT2D eigenvalue weighted by Crippen LogP contribution is -2.46. The van der Waals surface area contributed by atoms with E-state index in [9.17, 15) is 4.79 Å². The van der Waals surface area contributed by atoms with Gasteiger partial charge in [0.05, 0.1) is 0 Å². The summed E-state index contributed by atoms with van der Waals surface area (Å²) >= 11 is 1.81. The van der Waals surface area contributed by atoms with Crippen LogP contribution in [-0.4, -0.2) is 67.5 Å². The van der Waals surface area contributed by atoms with Crippen LogP contribution in [0, 0.1) is 0 Å². The van der Waals surface area contributed by atoms with Crippen LogP contribution in [0.5, 0.6) is 0 Å². The highest BCUT2D eigenvalue weighted by Crippen LogP contribution is 2.10. The van der Waals surface area contributed by atoms with E-state index in [-0.39, 0.29) is 11.9 Å². The second-order valence-corrected chi connectivity index (χ2v) is 5.26. The van der Waals surface area contributed by atoms with Gasteiger partial charge < -0.3 is 10.6 Å². The Labute approximate surface area is 104 Å². The summed E-state index contributed by atoms with van der Waals surface area (Å²) in [4.78, 5) is 15.5. The molecule has 0 aromatic carbocycles. The summed E-state index contributed by atoms with van der Waals surface area (Å²) in [5.74, 6) is 1.20. The smallest absolute Gasteiger partial charge is 0.223 e. The minimum atomic E-state index is 0.136. The second-order valence-electron chi connectivity index (χ2n) is 4.35. The molecule has 0 fully saturated rings. The second kappa shape index (κ2) is 7.92. The SMILES string of the molecule is CSCC(C)N(C)C(CN)CC(=O)N(C)C. The van der Waals surface area contributed by atoms with E-state index in [1.807, 2.05) is 18.8 Å². The lowest BCUT2D eigenvalue weighted by atomic mass is 10.1. The molecule has 2 unspecified atom stereocenters. The molecule has 0 aliphatic carbocycles. The van der Waals surface area contributed by atoms with E-state index in [1.54, 1.807) is 19.0 Å². The number of nitrogens with two attached hydrogens (primary N) is 1. The van der Waals surface area contributed by atoms with Crippen molar-refractivity contribution in [3.8, 4) is 0 Å². The molecule has 16 heavy (non-hydrogen) atoms. The van der Waals surface area contributed by atoms with E-state index >= 15 is 0 Å². The molecule has 0 radical (unpaired) electrons. The van der Waals surface area contributed by atoms with Gasteiger partial charge >= 0.3 is 0 Å². The fourth-order valence-electron chi connectivity index (χ4n) is 1.50. The number of hydrogen-bond donors (Lipinski definition) is 1. The van der Waals surface area contributed by atoms with Crippen LogP contribution in [-0.2, 0) is 4.79 Å². The molecule has 96 valence electrons. The molecule has 0 saturated carbocycles. The average Bonchev–Trinajstić information content (AvgIpc) is 2.24. The molecule has 0 aliphatic rings. The summed E-state index contributed by atoms with van der Waals surface area (Å²) in [5, 5.41) is 0. The number of hydrogen-bond acceptors (Lipinski definition) is 4. The molecule has 1 amide bonds. The summed E-state index contributed by atoms with van der Waals surface area (Å²) in [6.45, 7) is 2.69. The largest absolute Gasteiger partial charge is 0.349 e. The lowest BCUT2D eigenvalue weighted by Gasteiger charge is -2.32. The van der Waals surface area contributed by atoms with Gasteiger partial charge in [-0.05, 0) is 20.2 Å². The van der Waals surface area contributed by atoms with Gasteiger partial charge in [-0.3, -0.25) is 9.69 Å². The molecule has 0 aromatic rings. The van der Waals surface area contributed by atoms with Gasteiger partial charge in [-0.15, -0.1) is 0 Å². The molecule has 0 saturated heterocycles. The third-order valence-corrected chi connectivity index (χ3v) is 3.68. The number of likely N-dealkylation sites (N-methyl/N-ethyl adjacent to an activating group) is 1. The predicted molar refractivity (Wildman–Crippen MR) is 71.8 cm³/mol. The molecule has 0 aliphatic heterocycles. The third-order valence-electron chi connectivity index (χ3n) is 2.86. The Bertz CT molecular complexity index is 211. The maximum atomic E-state index is 11.6. The molecule has 5 heteroatoms. The molecule has 0 bridgehead atoms. The monoisotopic (exact) mass is 247 g/mol. The van der Waals surface area contributed by atoms with Crippen molar-refractivity contribution in [2.75, 3.05) is 39.7 Å². The fraction of sp³-hybridized carbons (Fsp3) is 0.909. The highest BCUT2D eigenvalue weighted by atomic mass is 32.2. The van der Waals surface area contributed by atoms with Crippen LogP contribution < -0.4 is 5.73 Å². The Morgan fingerprint density at radius 3 is 2.31 bits per heavy atom. The first-order valence-corrected chi connectivity index (χ1v) is 6.94. The molecule has 0 rings (SSSR count). The summed E-state index contributed by atoms with van der Waals surface area (Å²) in [6, 6.07) is 0.579. The van der Waals surface area contributed by atoms with Crippen molar-refractivity contribution in [3.63, 3.8) is 0 Å². The topological polar surface area (TPSA) is 49.6 Å². The Morgan fingerprint density at radius 2 is 1.94 bits per heavy atom. The molecule has 0 spiro atoms. The van der Waals surface area contributed by atoms with Crippen LogP contribution in [0.2, 0.25) is 0 Å². The predicted octanol–water partition coefficient (Wildman–Crippen LogP) is 0.475. The van der Waals surface area contributed by atoms with Gasteiger partial charge in [-0.2, -0.15) is 11.8 Å². The quantitative estimate of drug-likeness (QED) is 0.711. The Morgan fingerprint density at radius 1 is 1.38 bits per heavy atom. The number of carbonyl (C=O) groups excluding carboxylic acids is 1. The van der Waals surface area contributed by atoms with Crippen molar-refractivity contribution in [2.45, 2.75) is 25.4 Å². The molecule has 4 nitrogen and oxygen atoms in total. The highest BCUT2D eigenvalue weighted by molar-refractivity contribution is 7.98. The summed E-state index contributed by atoms with van der Waals surface area (Å²) in [7, 11) is 5.60. The number of amides is 1. The van der Waals surface area contributed by atoms with Crippen molar-refractivity contribution in [1.82, 2.24) is 9.80 Å². The van der Waals surface area contributed by atoms with Crippen LogP contribution in [0.3, 0.4) is 0 Å². The summed E-state index contributed by atoms with van der Waals surface area (Å²) in [6.07, 6.45) is 2.59. The Hall–Kier alpha value is -0.260. The molecule has 0 aromatic heterocycles. The molecule has 2 N–H and O–H groups in total. The molecule has 0 heterocycles. The standard InChI is InChI=1S/C11H25N3OS/c1-9(8-16-5)14(4)10(7-12)6-11(15)13(2)3/h9-10H,6-8,12H2,1-5H3. The van der Waals surface area contributed by atoms with Gasteiger partial charge in [-0.25, -0.2) is 0 Å². The van der Waals surface area contributed by atoms with E-state index in [0.29, 0.717) is 19.0 Å². The lowest BCUT2D eigenvalue weighted by molar-refractivity contribution is -0.129. The van der Waals surface area contributed by atoms with Gasteiger partial charge in [0.1, 0.15) is 0 Å². The summed E-state index contributed by atoms with van der Waals surface area (Å²) in [5.41, 5.74) is 5.74. The van der Waals surface area contributed by atoms with Gasteiger partial charge in [0.25, 0.3) is 0 Å². The van der Waals surface area contributed by atoms with E-state index in [0.717, 1.165) is 5.75 Å². The third kappa shape index (κ3) is 5.18. The normalized spacial score (nSPS) is 14.9. The van der Waals surface area contributed by atoms with Crippen molar-refractivity contribution in [3.05, 3.63) is 0 Å². The van der Waals surface area contributed by atoms with Gasteiger partial charge in [0, 0.05) is 44.9 Å². The number of rotatable bonds is 7. The van der Waals surface area contributed by atoms with Crippen molar-refractivity contribution in [1.29, 1.82) is 0 Å². The molecule has 2 atom stereocenters. The van der Waals surface area contributed by atoms with E-state index in [4.69, 9.17) is 5.73 Å². The van der Waals surface area contributed by atoms with Gasteiger partial charge in [0.15, 0.2) is 0 Å². The zero-order valence-electron chi connectivity index (χ0n) is 11.1. The van der Waals surface area contributed by atoms with E-state index in [2.05, 4.69) is 18.1 Å². The maximum Gasteiger partial charge on any atom is 0.223 e. The van der Waals surface area contributed by atoms with Crippen LogP contribution in [0.4, 0.5) is 0 Å². The first-order valence-electron chi connectivity index (χ1n) is 5.55.